The van der Waals surface area contributed by atoms with Gasteiger partial charge in [0.15, 0.2) is 16.7 Å². The number of hydrogen-bond donors (Lipinski definition) is 1. The minimum atomic E-state index is -0.553. The monoisotopic (exact) mass is 461 g/mol. The zero-order valence-electron chi connectivity index (χ0n) is 17.7. The Morgan fingerprint density at radius 3 is 2.67 bits per heavy atom. The third-order valence-electron chi connectivity index (χ3n) is 5.16. The van der Waals surface area contributed by atoms with Crippen molar-refractivity contribution >= 4 is 35.1 Å². The molecule has 0 aliphatic carbocycles. The number of ether oxygens (including phenoxy) is 3. The predicted molar refractivity (Wildman–Crippen MR) is 114 cm³/mol. The minimum absolute atomic E-state index is 0.0305. The number of nitrogens with zero attached hydrogens (tertiary/aromatic N) is 4. The molecular formula is C19H29Cl2N5O4. The summed E-state index contributed by atoms with van der Waals surface area (Å²) in [6.07, 6.45) is 0.381. The normalized spacial score (nSPS) is 20.6. The van der Waals surface area contributed by atoms with Gasteiger partial charge in [0.1, 0.15) is 12.2 Å². The van der Waals surface area contributed by atoms with Crippen molar-refractivity contribution in [3.63, 3.8) is 0 Å². The van der Waals surface area contributed by atoms with Crippen LogP contribution in [0.15, 0.2) is 0 Å². The second kappa shape index (κ2) is 9.30. The molecule has 30 heavy (non-hydrogen) atoms. The van der Waals surface area contributed by atoms with Crippen LogP contribution in [0.25, 0.3) is 0 Å². The molecule has 1 aromatic heterocycles. The Hall–Kier alpha value is -1.55. The number of halogens is 2. The Morgan fingerprint density at radius 1 is 1.37 bits per heavy atom. The van der Waals surface area contributed by atoms with E-state index >= 15 is 0 Å². The lowest BCUT2D eigenvalue weighted by molar-refractivity contribution is -0.0493. The molecule has 9 nitrogen and oxygen atoms in total. The molecule has 1 amide bonds. The van der Waals surface area contributed by atoms with Crippen molar-refractivity contribution < 1.29 is 19.0 Å². The molecule has 2 aliphatic heterocycles. The molecule has 2 N–H and O–H groups in total. The number of amides is 1. The summed E-state index contributed by atoms with van der Waals surface area (Å²) in [5, 5.41) is 0.161. The number of aromatic nitrogens is 2. The van der Waals surface area contributed by atoms with Crippen molar-refractivity contribution in [3.05, 3.63) is 10.4 Å². The van der Waals surface area contributed by atoms with Crippen LogP contribution in [0.4, 0.5) is 10.6 Å². The average molecular weight is 462 g/mol. The Kier molecular flexibility index (Phi) is 7.16. The highest BCUT2D eigenvalue weighted by Crippen LogP contribution is 2.36. The first-order valence-corrected chi connectivity index (χ1v) is 10.7. The topological polar surface area (TPSA) is 103 Å². The largest absolute Gasteiger partial charge is 0.485 e. The first kappa shape index (κ1) is 23.1. The van der Waals surface area contributed by atoms with Crippen molar-refractivity contribution in [3.8, 4) is 5.75 Å². The van der Waals surface area contributed by atoms with E-state index in [2.05, 4.69) is 9.97 Å². The van der Waals surface area contributed by atoms with Gasteiger partial charge in [-0.25, -0.2) is 9.78 Å². The summed E-state index contributed by atoms with van der Waals surface area (Å²) >= 11 is 12.4. The fraction of sp³-hybridized carbons (Fsp3) is 0.737. The molecule has 1 unspecified atom stereocenters. The van der Waals surface area contributed by atoms with Crippen LogP contribution in [0.3, 0.4) is 0 Å². The van der Waals surface area contributed by atoms with Crippen LogP contribution in [0.2, 0.25) is 10.4 Å². The van der Waals surface area contributed by atoms with Crippen LogP contribution in [0.1, 0.15) is 27.2 Å². The van der Waals surface area contributed by atoms with Crippen molar-refractivity contribution in [2.75, 3.05) is 44.9 Å². The van der Waals surface area contributed by atoms with E-state index in [1.807, 2.05) is 25.7 Å². The summed E-state index contributed by atoms with van der Waals surface area (Å²) in [4.78, 5) is 24.4. The van der Waals surface area contributed by atoms with Crippen LogP contribution in [0, 0.1) is 5.92 Å². The molecule has 2 saturated heterocycles. The molecule has 0 aromatic carbocycles. The van der Waals surface area contributed by atoms with Crippen molar-refractivity contribution in [1.29, 1.82) is 0 Å². The third kappa shape index (κ3) is 5.57. The maximum atomic E-state index is 12.4. The molecule has 3 heterocycles. The first-order valence-electron chi connectivity index (χ1n) is 9.95. The Bertz CT molecular complexity index is 772. The fourth-order valence-electron chi connectivity index (χ4n) is 3.28. The van der Waals surface area contributed by atoms with Gasteiger partial charge in [-0.2, -0.15) is 4.98 Å². The van der Waals surface area contributed by atoms with E-state index in [1.165, 1.54) is 0 Å². The summed E-state index contributed by atoms with van der Waals surface area (Å²) < 4.78 is 16.6. The van der Waals surface area contributed by atoms with Crippen LogP contribution < -0.4 is 15.4 Å². The number of anilines is 1. The number of likely N-dealkylation sites (N-methyl/N-ethyl adjacent to an activating group) is 1. The molecule has 2 fully saturated rings. The van der Waals surface area contributed by atoms with E-state index in [0.29, 0.717) is 37.9 Å². The van der Waals surface area contributed by atoms with E-state index in [-0.39, 0.29) is 41.1 Å². The van der Waals surface area contributed by atoms with Gasteiger partial charge in [0.05, 0.1) is 19.3 Å². The van der Waals surface area contributed by atoms with Crippen molar-refractivity contribution in [1.82, 2.24) is 14.9 Å². The van der Waals surface area contributed by atoms with Gasteiger partial charge in [-0.1, -0.05) is 11.6 Å². The van der Waals surface area contributed by atoms with Gasteiger partial charge in [0.2, 0.25) is 5.28 Å². The first-order chi connectivity index (χ1) is 14.0. The molecule has 0 saturated carbocycles. The SMILES string of the molecule is CN(C(=O)OC(C)(C)C)[C@@H]1CCN(c2nc(Cl)nc(Cl)c2OCC(N)C2COC2)C1. The molecule has 2 atom stereocenters. The van der Waals surface area contributed by atoms with Gasteiger partial charge in [-0.05, 0) is 38.8 Å². The van der Waals surface area contributed by atoms with Crippen LogP contribution >= 0.6 is 23.2 Å². The Balaban J connectivity index is 1.69. The number of nitrogens with two attached hydrogens (primary N) is 1. The smallest absolute Gasteiger partial charge is 0.410 e. The summed E-state index contributed by atoms with van der Waals surface area (Å²) in [6, 6.07) is -0.224. The highest BCUT2D eigenvalue weighted by molar-refractivity contribution is 6.33. The van der Waals surface area contributed by atoms with Gasteiger partial charge in [0, 0.05) is 32.1 Å². The second-order valence-corrected chi connectivity index (χ2v) is 9.38. The van der Waals surface area contributed by atoms with Gasteiger partial charge < -0.3 is 29.7 Å². The Labute approximate surface area is 186 Å². The number of carbonyl (C=O) groups is 1. The third-order valence-corrected chi connectivity index (χ3v) is 5.59. The highest BCUT2D eigenvalue weighted by atomic mass is 35.5. The molecule has 168 valence electrons. The van der Waals surface area contributed by atoms with E-state index in [9.17, 15) is 4.79 Å². The predicted octanol–water partition coefficient (Wildman–Crippen LogP) is 2.58. The lowest BCUT2D eigenvalue weighted by Crippen LogP contribution is -2.46. The van der Waals surface area contributed by atoms with E-state index in [4.69, 9.17) is 43.1 Å². The molecule has 0 radical (unpaired) electrons. The zero-order valence-corrected chi connectivity index (χ0v) is 19.2. The standard InChI is InChI=1S/C19H29Cl2N5O4/c1-19(2,3)30-18(27)25(4)12-5-6-26(7-12)16-14(15(20)23-17(21)24-16)29-10-13(22)11-8-28-9-11/h11-13H,5-10,22H2,1-4H3/t12-,13?/m1/s1. The summed E-state index contributed by atoms with van der Waals surface area (Å²) in [7, 11) is 1.74. The van der Waals surface area contributed by atoms with Gasteiger partial charge in [0.25, 0.3) is 0 Å². The van der Waals surface area contributed by atoms with Crippen molar-refractivity contribution in [2.24, 2.45) is 11.7 Å². The quantitative estimate of drug-likeness (QED) is 0.509. The van der Waals surface area contributed by atoms with Crippen LogP contribution in [0.5, 0.6) is 5.75 Å². The Morgan fingerprint density at radius 2 is 2.07 bits per heavy atom. The maximum Gasteiger partial charge on any atom is 0.410 e. The number of rotatable bonds is 6. The van der Waals surface area contributed by atoms with Crippen molar-refractivity contribution in [2.45, 2.75) is 44.9 Å². The van der Waals surface area contributed by atoms with Crippen LogP contribution in [-0.2, 0) is 9.47 Å². The maximum absolute atomic E-state index is 12.4. The fourth-order valence-corrected chi connectivity index (χ4v) is 3.70. The molecule has 0 bridgehead atoms. The van der Waals surface area contributed by atoms with Gasteiger partial charge >= 0.3 is 6.09 Å². The average Bonchev–Trinajstić information content (AvgIpc) is 3.06. The molecule has 2 aliphatic rings. The molecule has 3 rings (SSSR count). The lowest BCUT2D eigenvalue weighted by atomic mass is 10.00. The molecular weight excluding hydrogens is 433 g/mol. The highest BCUT2D eigenvalue weighted by Gasteiger charge is 2.34. The molecule has 0 spiro atoms. The van der Waals surface area contributed by atoms with E-state index < -0.39 is 5.60 Å². The number of hydrogen-bond acceptors (Lipinski definition) is 8. The van der Waals surface area contributed by atoms with E-state index in [1.54, 1.807) is 11.9 Å². The lowest BCUT2D eigenvalue weighted by Gasteiger charge is -2.31. The summed E-state index contributed by atoms with van der Waals surface area (Å²) in [5.74, 6) is 1.11. The van der Waals surface area contributed by atoms with Crippen LogP contribution in [-0.4, -0.2) is 78.6 Å². The molecule has 1 aromatic rings. The van der Waals surface area contributed by atoms with Gasteiger partial charge in [-0.3, -0.25) is 0 Å². The molecule has 11 heteroatoms. The zero-order chi connectivity index (χ0) is 22.1. The summed E-state index contributed by atoms with van der Waals surface area (Å²) in [6.45, 7) is 8.25. The van der Waals surface area contributed by atoms with E-state index in [0.717, 1.165) is 6.42 Å². The number of carbonyl (C=O) groups excluding carboxylic acids is 1. The minimum Gasteiger partial charge on any atom is -0.485 e. The van der Waals surface area contributed by atoms with Gasteiger partial charge in [-0.15, -0.1) is 0 Å². The second-order valence-electron chi connectivity index (χ2n) is 8.69. The summed E-state index contributed by atoms with van der Waals surface area (Å²) in [5.41, 5.74) is 5.62.